The van der Waals surface area contributed by atoms with Crippen LogP contribution in [0.5, 0.6) is 0 Å². The minimum Gasteiger partial charge on any atom is -0.310 e. The maximum Gasteiger partial charge on any atom is 0.131 e. The lowest BCUT2D eigenvalue weighted by atomic mass is 10.0. The van der Waals surface area contributed by atoms with E-state index in [0.29, 0.717) is 33.8 Å². The van der Waals surface area contributed by atoms with Crippen LogP contribution >= 0.6 is 23.2 Å². The standard InChI is InChI=1S/C16H14Cl2FN/c17-12-6-11(7-13(18)8-12)15-4-1-10(5-16(15)19)9-20-14-2-3-14/h1,4-8,14,20H,2-3,9H2. The molecule has 0 bridgehead atoms. The highest BCUT2D eigenvalue weighted by Crippen LogP contribution is 2.29. The van der Waals surface area contributed by atoms with Crippen LogP contribution < -0.4 is 5.32 Å². The Morgan fingerprint density at radius 3 is 2.35 bits per heavy atom. The zero-order valence-electron chi connectivity index (χ0n) is 10.8. The van der Waals surface area contributed by atoms with Crippen molar-refractivity contribution < 1.29 is 4.39 Å². The van der Waals surface area contributed by atoms with Crippen molar-refractivity contribution in [1.82, 2.24) is 5.32 Å². The van der Waals surface area contributed by atoms with Crippen LogP contribution in [0.4, 0.5) is 4.39 Å². The molecule has 0 unspecified atom stereocenters. The zero-order chi connectivity index (χ0) is 14.1. The van der Waals surface area contributed by atoms with Crippen molar-refractivity contribution in [3.63, 3.8) is 0 Å². The average molecular weight is 310 g/mol. The first-order chi connectivity index (χ1) is 9.61. The lowest BCUT2D eigenvalue weighted by Gasteiger charge is -2.08. The molecule has 0 radical (unpaired) electrons. The lowest BCUT2D eigenvalue weighted by molar-refractivity contribution is 0.623. The summed E-state index contributed by atoms with van der Waals surface area (Å²) in [6.45, 7) is 0.707. The number of benzene rings is 2. The summed E-state index contributed by atoms with van der Waals surface area (Å²) >= 11 is 11.9. The highest BCUT2D eigenvalue weighted by atomic mass is 35.5. The largest absolute Gasteiger partial charge is 0.310 e. The van der Waals surface area contributed by atoms with Crippen molar-refractivity contribution >= 4 is 23.2 Å². The van der Waals surface area contributed by atoms with Gasteiger partial charge in [-0.3, -0.25) is 0 Å². The summed E-state index contributed by atoms with van der Waals surface area (Å²) in [5, 5.41) is 4.38. The zero-order valence-corrected chi connectivity index (χ0v) is 12.3. The number of halogens is 3. The van der Waals surface area contributed by atoms with Crippen molar-refractivity contribution in [2.24, 2.45) is 0 Å². The van der Waals surface area contributed by atoms with Crippen LogP contribution in [0.1, 0.15) is 18.4 Å². The molecule has 104 valence electrons. The molecule has 1 saturated carbocycles. The van der Waals surface area contributed by atoms with E-state index in [1.165, 1.54) is 12.8 Å². The molecule has 20 heavy (non-hydrogen) atoms. The van der Waals surface area contributed by atoms with Gasteiger partial charge in [0, 0.05) is 28.2 Å². The SMILES string of the molecule is Fc1cc(CNC2CC2)ccc1-c1cc(Cl)cc(Cl)c1. The Kier molecular flexibility index (Phi) is 3.97. The highest BCUT2D eigenvalue weighted by Gasteiger charge is 2.20. The summed E-state index contributed by atoms with van der Waals surface area (Å²) in [6, 6.07) is 11.0. The molecule has 0 spiro atoms. The predicted octanol–water partition coefficient (Wildman–Crippen LogP) is 5.05. The third kappa shape index (κ3) is 3.32. The molecule has 0 amide bonds. The highest BCUT2D eigenvalue weighted by molar-refractivity contribution is 6.35. The molecule has 0 heterocycles. The molecule has 0 aliphatic heterocycles. The Hall–Kier alpha value is -1.09. The third-order valence-electron chi connectivity index (χ3n) is 3.38. The van der Waals surface area contributed by atoms with Gasteiger partial charge in [0.25, 0.3) is 0 Å². The van der Waals surface area contributed by atoms with E-state index in [1.807, 2.05) is 6.07 Å². The summed E-state index contributed by atoms with van der Waals surface area (Å²) in [7, 11) is 0. The smallest absolute Gasteiger partial charge is 0.131 e. The van der Waals surface area contributed by atoms with Gasteiger partial charge in [0.2, 0.25) is 0 Å². The average Bonchev–Trinajstić information content (AvgIpc) is 3.19. The number of hydrogen-bond donors (Lipinski definition) is 1. The van der Waals surface area contributed by atoms with Gasteiger partial charge in [-0.2, -0.15) is 0 Å². The van der Waals surface area contributed by atoms with E-state index in [2.05, 4.69) is 5.32 Å². The van der Waals surface area contributed by atoms with Crippen LogP contribution in [-0.4, -0.2) is 6.04 Å². The molecule has 1 nitrogen and oxygen atoms in total. The van der Waals surface area contributed by atoms with Crippen LogP contribution in [0.2, 0.25) is 10.0 Å². The molecule has 0 aromatic heterocycles. The molecular formula is C16H14Cl2FN. The minimum atomic E-state index is -0.251. The molecule has 1 fully saturated rings. The van der Waals surface area contributed by atoms with Gasteiger partial charge in [0.1, 0.15) is 5.82 Å². The maximum absolute atomic E-state index is 14.2. The Morgan fingerprint density at radius 2 is 1.75 bits per heavy atom. The molecule has 0 atom stereocenters. The molecule has 0 saturated heterocycles. The quantitative estimate of drug-likeness (QED) is 0.833. The van der Waals surface area contributed by atoms with E-state index in [0.717, 1.165) is 5.56 Å². The van der Waals surface area contributed by atoms with Gasteiger partial charge in [-0.1, -0.05) is 35.3 Å². The normalized spacial score (nSPS) is 14.6. The minimum absolute atomic E-state index is 0.251. The first-order valence-electron chi connectivity index (χ1n) is 6.60. The van der Waals surface area contributed by atoms with E-state index < -0.39 is 0 Å². The summed E-state index contributed by atoms with van der Waals surface area (Å²) in [5.41, 5.74) is 2.16. The number of rotatable bonds is 4. The topological polar surface area (TPSA) is 12.0 Å². The van der Waals surface area contributed by atoms with Crippen molar-refractivity contribution in [1.29, 1.82) is 0 Å². The van der Waals surface area contributed by atoms with Gasteiger partial charge in [0.05, 0.1) is 0 Å². The van der Waals surface area contributed by atoms with Crippen molar-refractivity contribution in [3.05, 3.63) is 57.8 Å². The molecule has 3 rings (SSSR count). The first kappa shape index (κ1) is 13.9. The first-order valence-corrected chi connectivity index (χ1v) is 7.36. The number of hydrogen-bond acceptors (Lipinski definition) is 1. The molecule has 4 heteroatoms. The second-order valence-electron chi connectivity index (χ2n) is 5.13. The Balaban J connectivity index is 1.85. The summed E-state index contributed by atoms with van der Waals surface area (Å²) in [6.07, 6.45) is 2.45. The van der Waals surface area contributed by atoms with Crippen LogP contribution in [0.3, 0.4) is 0 Å². The van der Waals surface area contributed by atoms with E-state index in [-0.39, 0.29) is 5.82 Å². The monoisotopic (exact) mass is 309 g/mol. The van der Waals surface area contributed by atoms with Crippen molar-refractivity contribution in [2.75, 3.05) is 0 Å². The third-order valence-corrected chi connectivity index (χ3v) is 3.82. The number of nitrogens with one attached hydrogen (secondary N) is 1. The van der Waals surface area contributed by atoms with Gasteiger partial charge < -0.3 is 5.32 Å². The van der Waals surface area contributed by atoms with Crippen LogP contribution in [-0.2, 0) is 6.54 Å². The van der Waals surface area contributed by atoms with E-state index in [1.54, 1.807) is 30.3 Å². The van der Waals surface area contributed by atoms with E-state index in [4.69, 9.17) is 23.2 Å². The molecule has 1 aliphatic carbocycles. The van der Waals surface area contributed by atoms with E-state index >= 15 is 0 Å². The fourth-order valence-electron chi connectivity index (χ4n) is 2.16. The van der Waals surface area contributed by atoms with E-state index in [9.17, 15) is 4.39 Å². The van der Waals surface area contributed by atoms with Gasteiger partial charge in [-0.15, -0.1) is 0 Å². The van der Waals surface area contributed by atoms with Gasteiger partial charge in [-0.05, 0) is 48.2 Å². The summed E-state index contributed by atoms with van der Waals surface area (Å²) in [4.78, 5) is 0. The fourth-order valence-corrected chi connectivity index (χ4v) is 2.69. The predicted molar refractivity (Wildman–Crippen MR) is 81.7 cm³/mol. The Morgan fingerprint density at radius 1 is 1.05 bits per heavy atom. The molecule has 2 aromatic rings. The van der Waals surface area contributed by atoms with Gasteiger partial charge in [-0.25, -0.2) is 4.39 Å². The fraction of sp³-hybridized carbons (Fsp3) is 0.250. The van der Waals surface area contributed by atoms with Crippen LogP contribution in [0.25, 0.3) is 11.1 Å². The van der Waals surface area contributed by atoms with Crippen LogP contribution in [0.15, 0.2) is 36.4 Å². The van der Waals surface area contributed by atoms with Crippen molar-refractivity contribution in [2.45, 2.75) is 25.4 Å². The molecule has 1 aliphatic rings. The Labute approximate surface area is 127 Å². The molecule has 2 aromatic carbocycles. The lowest BCUT2D eigenvalue weighted by Crippen LogP contribution is -2.15. The molecular weight excluding hydrogens is 296 g/mol. The second-order valence-corrected chi connectivity index (χ2v) is 6.00. The van der Waals surface area contributed by atoms with Gasteiger partial charge >= 0.3 is 0 Å². The summed E-state index contributed by atoms with van der Waals surface area (Å²) < 4.78 is 14.2. The van der Waals surface area contributed by atoms with Crippen LogP contribution in [0, 0.1) is 5.82 Å². The maximum atomic E-state index is 14.2. The second kappa shape index (κ2) is 5.72. The van der Waals surface area contributed by atoms with Crippen molar-refractivity contribution in [3.8, 4) is 11.1 Å². The molecule has 1 N–H and O–H groups in total. The Bertz CT molecular complexity index is 618. The van der Waals surface area contributed by atoms with Gasteiger partial charge in [0.15, 0.2) is 0 Å². The summed E-state index contributed by atoms with van der Waals surface area (Å²) in [5.74, 6) is -0.251.